The SMILES string of the molecule is CC/C=C\C/C=C\C/C=C\C/C=C\CCCCCCCCC(=O)OC1C(OCC(COC(=O)CCCCCCCCC/C=C\C/C=C\CCCCC)OC(=O)CCCCCCCCC/C=C\CCCCCCCC)OC(C(=O)O)C(O)C1O. The molecule has 0 aromatic heterocycles. The van der Waals surface area contributed by atoms with Crippen molar-refractivity contribution in [3.8, 4) is 0 Å². The van der Waals surface area contributed by atoms with Crippen molar-refractivity contribution in [2.45, 2.75) is 327 Å². The summed E-state index contributed by atoms with van der Waals surface area (Å²) < 4.78 is 28.6. The number of aliphatic carboxylic acids is 1. The predicted molar refractivity (Wildman–Crippen MR) is 340 cm³/mol. The Labute approximate surface area is 505 Å². The molecule has 0 saturated carbocycles. The van der Waals surface area contributed by atoms with Gasteiger partial charge in [0.25, 0.3) is 0 Å². The number of esters is 3. The third kappa shape index (κ3) is 47.8. The highest BCUT2D eigenvalue weighted by atomic mass is 16.7. The molecule has 0 aromatic rings. The number of hydrogen-bond donors (Lipinski definition) is 3. The maximum absolute atomic E-state index is 13.2. The van der Waals surface area contributed by atoms with Crippen molar-refractivity contribution in [3.63, 3.8) is 0 Å². The highest BCUT2D eigenvalue weighted by Gasteiger charge is 2.50. The van der Waals surface area contributed by atoms with Gasteiger partial charge in [-0.05, 0) is 116 Å². The summed E-state index contributed by atoms with van der Waals surface area (Å²) in [4.78, 5) is 51.4. The zero-order valence-corrected chi connectivity index (χ0v) is 52.7. The van der Waals surface area contributed by atoms with Crippen molar-refractivity contribution in [2.24, 2.45) is 0 Å². The van der Waals surface area contributed by atoms with E-state index in [0.29, 0.717) is 19.3 Å². The molecule has 6 atom stereocenters. The van der Waals surface area contributed by atoms with E-state index in [-0.39, 0.29) is 25.9 Å². The molecule has 1 rings (SSSR count). The Hall–Kier alpha value is -4.10. The van der Waals surface area contributed by atoms with Crippen molar-refractivity contribution in [3.05, 3.63) is 85.1 Å². The number of carboxylic acid groups (broad SMARTS) is 1. The van der Waals surface area contributed by atoms with Crippen LogP contribution in [0.15, 0.2) is 85.1 Å². The van der Waals surface area contributed by atoms with Crippen LogP contribution in [0.1, 0.15) is 290 Å². The highest BCUT2D eigenvalue weighted by Crippen LogP contribution is 2.27. The molecule has 1 saturated heterocycles. The molecule has 3 N–H and O–H groups in total. The van der Waals surface area contributed by atoms with Crippen molar-refractivity contribution in [1.82, 2.24) is 0 Å². The molecule has 0 aliphatic carbocycles. The molecule has 12 nitrogen and oxygen atoms in total. The number of hydrogen-bond acceptors (Lipinski definition) is 11. The van der Waals surface area contributed by atoms with Gasteiger partial charge in [0.2, 0.25) is 0 Å². The van der Waals surface area contributed by atoms with Crippen LogP contribution in [0, 0.1) is 0 Å². The molecule has 1 aliphatic heterocycles. The smallest absolute Gasteiger partial charge is 0.335 e. The fourth-order valence-electron chi connectivity index (χ4n) is 9.80. The molecule has 0 amide bonds. The van der Waals surface area contributed by atoms with Gasteiger partial charge in [-0.2, -0.15) is 0 Å². The number of carbonyl (C=O) groups is 4. The summed E-state index contributed by atoms with van der Waals surface area (Å²) in [7, 11) is 0. The molecule has 0 radical (unpaired) electrons. The average Bonchev–Trinajstić information content (AvgIpc) is 3.55. The third-order valence-corrected chi connectivity index (χ3v) is 14.9. The van der Waals surface area contributed by atoms with Crippen molar-refractivity contribution in [1.29, 1.82) is 0 Å². The highest BCUT2D eigenvalue weighted by molar-refractivity contribution is 5.74. The zero-order valence-electron chi connectivity index (χ0n) is 52.7. The number of allylic oxidation sites excluding steroid dienone is 14. The number of carbonyl (C=O) groups excluding carboxylic acids is 3. The van der Waals surface area contributed by atoms with Crippen molar-refractivity contribution < 1.29 is 58.2 Å². The quantitative estimate of drug-likeness (QED) is 0.0228. The first-order valence-electron chi connectivity index (χ1n) is 33.6. The number of aliphatic hydroxyl groups excluding tert-OH is 2. The van der Waals surface area contributed by atoms with Crippen LogP contribution in [0.25, 0.3) is 0 Å². The zero-order chi connectivity index (χ0) is 60.3. The van der Waals surface area contributed by atoms with Gasteiger partial charge >= 0.3 is 23.9 Å². The predicted octanol–water partition coefficient (Wildman–Crippen LogP) is 18.2. The Balaban J connectivity index is 2.67. The number of unbranched alkanes of at least 4 members (excludes halogenated alkanes) is 29. The third-order valence-electron chi connectivity index (χ3n) is 14.9. The average molecular weight is 1170 g/mol. The number of rotatable bonds is 57. The second-order valence-electron chi connectivity index (χ2n) is 22.7. The molecule has 476 valence electrons. The fourth-order valence-corrected chi connectivity index (χ4v) is 9.80. The first-order valence-corrected chi connectivity index (χ1v) is 33.6. The minimum atomic E-state index is -1.91. The van der Waals surface area contributed by atoms with Gasteiger partial charge in [-0.1, -0.05) is 241 Å². The first-order chi connectivity index (χ1) is 40.6. The van der Waals surface area contributed by atoms with Crippen molar-refractivity contribution in [2.75, 3.05) is 13.2 Å². The van der Waals surface area contributed by atoms with Gasteiger partial charge in [-0.25, -0.2) is 4.79 Å². The van der Waals surface area contributed by atoms with E-state index in [1.54, 1.807) is 0 Å². The summed E-state index contributed by atoms with van der Waals surface area (Å²) in [5, 5.41) is 31.6. The van der Waals surface area contributed by atoms with E-state index in [1.807, 2.05) is 0 Å². The molecule has 6 unspecified atom stereocenters. The molecule has 1 aliphatic rings. The van der Waals surface area contributed by atoms with Crippen LogP contribution >= 0.6 is 0 Å². The van der Waals surface area contributed by atoms with Crippen LogP contribution < -0.4 is 0 Å². The standard InChI is InChI=1S/C71H120O12/c1-4-7-10-13-16-19-22-25-28-31-32-35-38-41-44-47-50-53-56-59-65(74)82-69-67(76)66(75)68(70(77)78)83-71(69)80-61-62(81-64(73)58-55-52-49-46-43-40-37-34-30-27-24-21-18-15-12-9-6-3)60-79-63(72)57-54-51-48-45-42-39-36-33-29-26-23-20-17-14-11-8-5-2/h7,10,16-17,19-20,25-30,32,35,62,66-69,71,75-76H,4-6,8-9,11-15,18,21-24,31,33-34,36-61H2,1-3H3,(H,77,78)/b10-7-,19-16-,20-17-,28-25-,29-26-,30-27-,35-32-. The van der Waals surface area contributed by atoms with Gasteiger partial charge < -0.3 is 39.0 Å². The molecule has 1 heterocycles. The monoisotopic (exact) mass is 1160 g/mol. The van der Waals surface area contributed by atoms with Crippen LogP contribution in [0.4, 0.5) is 0 Å². The summed E-state index contributed by atoms with van der Waals surface area (Å²) >= 11 is 0. The summed E-state index contributed by atoms with van der Waals surface area (Å²) in [5.74, 6) is -3.14. The van der Waals surface area contributed by atoms with Gasteiger partial charge in [0.1, 0.15) is 18.8 Å². The van der Waals surface area contributed by atoms with Crippen LogP contribution in [0.3, 0.4) is 0 Å². The number of carboxylic acids is 1. The van der Waals surface area contributed by atoms with Gasteiger partial charge in [-0.15, -0.1) is 0 Å². The minimum Gasteiger partial charge on any atom is -0.479 e. The van der Waals surface area contributed by atoms with Crippen LogP contribution in [0.2, 0.25) is 0 Å². The lowest BCUT2D eigenvalue weighted by Crippen LogP contribution is -2.61. The molecule has 0 spiro atoms. The fraction of sp³-hybridized carbons (Fsp3) is 0.746. The second kappa shape index (κ2) is 58.3. The second-order valence-corrected chi connectivity index (χ2v) is 22.7. The topological polar surface area (TPSA) is 175 Å². The Bertz CT molecular complexity index is 1760. The largest absolute Gasteiger partial charge is 0.479 e. The lowest BCUT2D eigenvalue weighted by atomic mass is 9.98. The molecule has 1 fully saturated rings. The lowest BCUT2D eigenvalue weighted by Gasteiger charge is -2.40. The van der Waals surface area contributed by atoms with Crippen LogP contribution in [-0.4, -0.2) is 89.2 Å². The normalized spacial score (nSPS) is 18.1. The Kier molecular flexibility index (Phi) is 54.0. The van der Waals surface area contributed by atoms with Crippen LogP contribution in [0.5, 0.6) is 0 Å². The maximum Gasteiger partial charge on any atom is 0.335 e. The van der Waals surface area contributed by atoms with E-state index < -0.39 is 67.3 Å². The van der Waals surface area contributed by atoms with E-state index in [4.69, 9.17) is 23.7 Å². The van der Waals surface area contributed by atoms with Gasteiger partial charge in [0.05, 0.1) is 6.61 Å². The molecule has 0 bridgehead atoms. The molecular formula is C71H120O12. The molecular weight excluding hydrogens is 1040 g/mol. The van der Waals surface area contributed by atoms with E-state index in [2.05, 4.69) is 106 Å². The van der Waals surface area contributed by atoms with E-state index in [0.717, 1.165) is 135 Å². The summed E-state index contributed by atoms with van der Waals surface area (Å²) in [5.41, 5.74) is 0. The maximum atomic E-state index is 13.2. The molecule has 12 heteroatoms. The first kappa shape index (κ1) is 76.9. The van der Waals surface area contributed by atoms with Crippen molar-refractivity contribution >= 4 is 23.9 Å². The Morgan fingerprint density at radius 1 is 0.410 bits per heavy atom. The van der Waals surface area contributed by atoms with E-state index in [9.17, 15) is 34.5 Å². The Morgan fingerprint density at radius 3 is 1.19 bits per heavy atom. The molecule has 0 aromatic carbocycles. The van der Waals surface area contributed by atoms with Gasteiger partial charge in [0.15, 0.2) is 24.6 Å². The number of aliphatic hydroxyl groups is 2. The molecule has 83 heavy (non-hydrogen) atoms. The van der Waals surface area contributed by atoms with Crippen LogP contribution in [-0.2, 0) is 42.9 Å². The lowest BCUT2D eigenvalue weighted by molar-refractivity contribution is -0.301. The summed E-state index contributed by atoms with van der Waals surface area (Å²) in [6.45, 7) is 5.87. The summed E-state index contributed by atoms with van der Waals surface area (Å²) in [6.07, 6.45) is 63.8. The van der Waals surface area contributed by atoms with E-state index in [1.165, 1.54) is 96.3 Å². The minimum absolute atomic E-state index is 0.0408. The summed E-state index contributed by atoms with van der Waals surface area (Å²) in [6, 6.07) is 0. The number of ether oxygens (including phenoxy) is 5. The van der Waals surface area contributed by atoms with E-state index >= 15 is 0 Å². The Morgan fingerprint density at radius 2 is 0.759 bits per heavy atom. The van der Waals surface area contributed by atoms with Gasteiger partial charge in [-0.3, -0.25) is 14.4 Å². The van der Waals surface area contributed by atoms with Gasteiger partial charge in [0, 0.05) is 19.3 Å².